The number of carbonyl (C=O) groups excluding carboxylic acids is 1. The zero-order valence-electron chi connectivity index (χ0n) is 13.6. The molecule has 25 heavy (non-hydrogen) atoms. The molecular formula is C17H18N6OS. The normalized spacial score (nSPS) is 16.4. The molecule has 8 heteroatoms. The number of aryl methyl sites for hydroxylation is 1. The Morgan fingerprint density at radius 1 is 1.32 bits per heavy atom. The molecule has 1 unspecified atom stereocenters. The van der Waals surface area contributed by atoms with Crippen molar-refractivity contribution in [1.82, 2.24) is 30.0 Å². The molecule has 0 radical (unpaired) electrons. The van der Waals surface area contributed by atoms with Crippen LogP contribution in [0.1, 0.15) is 17.8 Å². The summed E-state index contributed by atoms with van der Waals surface area (Å²) < 4.78 is 1.98. The van der Waals surface area contributed by atoms with Gasteiger partial charge in [-0.1, -0.05) is 0 Å². The lowest BCUT2D eigenvalue weighted by Gasteiger charge is -2.22. The van der Waals surface area contributed by atoms with Gasteiger partial charge in [-0.15, -0.1) is 11.3 Å². The van der Waals surface area contributed by atoms with E-state index in [1.807, 2.05) is 16.1 Å². The zero-order chi connectivity index (χ0) is 17.1. The summed E-state index contributed by atoms with van der Waals surface area (Å²) in [4.78, 5) is 25.3. The minimum atomic E-state index is 0.0351. The van der Waals surface area contributed by atoms with E-state index in [2.05, 4.69) is 25.4 Å². The summed E-state index contributed by atoms with van der Waals surface area (Å²) in [6, 6.07) is 3.77. The van der Waals surface area contributed by atoms with Gasteiger partial charge < -0.3 is 5.32 Å². The Morgan fingerprint density at radius 2 is 2.20 bits per heavy atom. The van der Waals surface area contributed by atoms with Crippen molar-refractivity contribution in [3.05, 3.63) is 47.5 Å². The highest BCUT2D eigenvalue weighted by Gasteiger charge is 2.24. The molecular weight excluding hydrogens is 336 g/mol. The third-order valence-electron chi connectivity index (χ3n) is 4.31. The van der Waals surface area contributed by atoms with Crippen LogP contribution in [0.15, 0.2) is 36.1 Å². The lowest BCUT2D eigenvalue weighted by atomic mass is 9.95. The van der Waals surface area contributed by atoms with Crippen molar-refractivity contribution in [3.8, 4) is 10.8 Å². The average molecular weight is 354 g/mol. The van der Waals surface area contributed by atoms with Crippen LogP contribution in [0.2, 0.25) is 0 Å². The van der Waals surface area contributed by atoms with Crippen LogP contribution in [0.5, 0.6) is 0 Å². The molecule has 3 aromatic heterocycles. The van der Waals surface area contributed by atoms with Crippen molar-refractivity contribution in [1.29, 1.82) is 0 Å². The smallest absolute Gasteiger partial charge is 0.223 e. The Hall–Kier alpha value is -2.61. The first-order valence-corrected chi connectivity index (χ1v) is 9.18. The molecule has 4 heterocycles. The molecule has 7 nitrogen and oxygen atoms in total. The fourth-order valence-corrected chi connectivity index (χ4v) is 3.78. The van der Waals surface area contributed by atoms with Crippen LogP contribution in [0.4, 0.5) is 0 Å². The van der Waals surface area contributed by atoms with Crippen LogP contribution < -0.4 is 5.32 Å². The monoisotopic (exact) mass is 354 g/mol. The maximum Gasteiger partial charge on any atom is 0.223 e. The lowest BCUT2D eigenvalue weighted by molar-refractivity contribution is -0.125. The number of rotatable bonds is 5. The molecule has 0 saturated heterocycles. The summed E-state index contributed by atoms with van der Waals surface area (Å²) in [6.45, 7) is 1.40. The quantitative estimate of drug-likeness (QED) is 0.754. The number of aromatic nitrogens is 5. The van der Waals surface area contributed by atoms with Crippen molar-refractivity contribution < 1.29 is 4.79 Å². The van der Waals surface area contributed by atoms with Crippen molar-refractivity contribution in [2.24, 2.45) is 5.92 Å². The van der Waals surface area contributed by atoms with Crippen LogP contribution in [-0.4, -0.2) is 37.2 Å². The Labute approximate surface area is 149 Å². The van der Waals surface area contributed by atoms with E-state index >= 15 is 0 Å². The van der Waals surface area contributed by atoms with Crippen molar-refractivity contribution in [2.75, 3.05) is 6.54 Å². The lowest BCUT2D eigenvalue weighted by Crippen LogP contribution is -2.36. The molecule has 0 bridgehead atoms. The Kier molecular flexibility index (Phi) is 4.51. The van der Waals surface area contributed by atoms with E-state index in [-0.39, 0.29) is 11.8 Å². The molecule has 0 saturated carbocycles. The number of amides is 1. The average Bonchev–Trinajstić information content (AvgIpc) is 3.31. The zero-order valence-corrected chi connectivity index (χ0v) is 14.4. The second-order valence-corrected chi connectivity index (χ2v) is 6.85. The summed E-state index contributed by atoms with van der Waals surface area (Å²) in [6.07, 6.45) is 7.52. The first-order chi connectivity index (χ1) is 12.3. The van der Waals surface area contributed by atoms with Crippen LogP contribution in [0, 0.1) is 5.92 Å². The fraction of sp³-hybridized carbons (Fsp3) is 0.353. The van der Waals surface area contributed by atoms with E-state index in [9.17, 15) is 4.79 Å². The molecule has 1 atom stereocenters. The molecule has 4 rings (SSSR count). The summed E-state index contributed by atoms with van der Waals surface area (Å²) in [7, 11) is 0. The van der Waals surface area contributed by atoms with E-state index in [0.29, 0.717) is 18.8 Å². The van der Waals surface area contributed by atoms with Crippen LogP contribution in [0.25, 0.3) is 10.8 Å². The molecule has 0 aromatic carbocycles. The molecule has 0 aliphatic carbocycles. The highest BCUT2D eigenvalue weighted by Crippen LogP contribution is 2.21. The molecule has 0 spiro atoms. The summed E-state index contributed by atoms with van der Waals surface area (Å²) in [5, 5.41) is 10.1. The highest BCUT2D eigenvalue weighted by molar-refractivity contribution is 7.13. The van der Waals surface area contributed by atoms with Crippen LogP contribution >= 0.6 is 11.3 Å². The topological polar surface area (TPSA) is 85.6 Å². The predicted molar refractivity (Wildman–Crippen MR) is 93.9 cm³/mol. The molecule has 1 amide bonds. The van der Waals surface area contributed by atoms with E-state index in [0.717, 1.165) is 35.8 Å². The molecule has 0 fully saturated rings. The third-order valence-corrected chi connectivity index (χ3v) is 5.20. The molecule has 3 aromatic rings. The minimum Gasteiger partial charge on any atom is -0.355 e. The SMILES string of the molecule is O=C(NCCc1csc(-c2ncccn2)n1)C1CCn2nccc2C1. The summed E-state index contributed by atoms with van der Waals surface area (Å²) in [5.74, 6) is 0.795. The predicted octanol–water partition coefficient (Wildman–Crippen LogP) is 1.72. The highest BCUT2D eigenvalue weighted by atomic mass is 32.1. The number of hydrogen-bond acceptors (Lipinski definition) is 6. The van der Waals surface area contributed by atoms with E-state index in [1.165, 1.54) is 11.3 Å². The second-order valence-electron chi connectivity index (χ2n) is 5.99. The standard InChI is InChI=1S/C17H18N6OS/c24-16(12-4-9-23-14(10-12)3-8-21-23)20-7-2-13-11-25-17(22-13)15-18-5-1-6-19-15/h1,3,5-6,8,11-12H,2,4,7,9-10H2,(H,20,24). The van der Waals surface area contributed by atoms with Gasteiger partial charge in [-0.2, -0.15) is 5.10 Å². The van der Waals surface area contributed by atoms with Crippen molar-refractivity contribution in [3.63, 3.8) is 0 Å². The summed E-state index contributed by atoms with van der Waals surface area (Å²) in [5.41, 5.74) is 2.09. The fourth-order valence-electron chi connectivity index (χ4n) is 2.98. The number of nitrogens with zero attached hydrogens (tertiary/aromatic N) is 5. The number of thiazole rings is 1. The Bertz CT molecular complexity index is 859. The van der Waals surface area contributed by atoms with E-state index in [4.69, 9.17) is 0 Å². The second kappa shape index (κ2) is 7.10. The largest absolute Gasteiger partial charge is 0.355 e. The van der Waals surface area contributed by atoms with Gasteiger partial charge >= 0.3 is 0 Å². The molecule has 128 valence electrons. The van der Waals surface area contributed by atoms with Crippen LogP contribution in [0.3, 0.4) is 0 Å². The first-order valence-electron chi connectivity index (χ1n) is 8.30. The molecule has 1 N–H and O–H groups in total. The van der Waals surface area contributed by atoms with Crippen molar-refractivity contribution in [2.45, 2.75) is 25.8 Å². The molecule has 1 aliphatic heterocycles. The third kappa shape index (κ3) is 3.58. The van der Waals surface area contributed by atoms with Gasteiger partial charge in [-0.3, -0.25) is 9.48 Å². The van der Waals surface area contributed by atoms with Gasteiger partial charge in [0, 0.05) is 61.5 Å². The van der Waals surface area contributed by atoms with Crippen molar-refractivity contribution >= 4 is 17.2 Å². The maximum absolute atomic E-state index is 12.4. The number of hydrogen-bond donors (Lipinski definition) is 1. The van der Waals surface area contributed by atoms with E-state index in [1.54, 1.807) is 24.7 Å². The molecule has 1 aliphatic rings. The minimum absolute atomic E-state index is 0.0351. The number of nitrogens with one attached hydrogen (secondary N) is 1. The number of carbonyl (C=O) groups is 1. The van der Waals surface area contributed by atoms with Gasteiger partial charge in [0.1, 0.15) is 0 Å². The Balaban J connectivity index is 1.28. The van der Waals surface area contributed by atoms with Gasteiger partial charge in [0.05, 0.1) is 5.69 Å². The maximum atomic E-state index is 12.4. The van der Waals surface area contributed by atoms with Gasteiger partial charge in [0.25, 0.3) is 0 Å². The summed E-state index contributed by atoms with van der Waals surface area (Å²) >= 11 is 1.52. The van der Waals surface area contributed by atoms with Gasteiger partial charge in [-0.05, 0) is 18.6 Å². The van der Waals surface area contributed by atoms with E-state index < -0.39 is 0 Å². The number of fused-ring (bicyclic) bond motifs is 1. The Morgan fingerprint density at radius 3 is 3.08 bits per heavy atom. The van der Waals surface area contributed by atoms with Gasteiger partial charge in [0.2, 0.25) is 5.91 Å². The van der Waals surface area contributed by atoms with Crippen LogP contribution in [-0.2, 0) is 24.2 Å². The van der Waals surface area contributed by atoms with Gasteiger partial charge in [-0.25, -0.2) is 15.0 Å². The van der Waals surface area contributed by atoms with Gasteiger partial charge in [0.15, 0.2) is 10.8 Å². The first kappa shape index (κ1) is 15.9.